The Morgan fingerprint density at radius 1 is 1.12 bits per heavy atom. The molecule has 2 atom stereocenters. The molecular weight excluding hydrogens is 204 g/mol. The summed E-state index contributed by atoms with van der Waals surface area (Å²) in [7, 11) is 0. The smallest absolute Gasteiger partial charge is 0.0112 e. The Bertz CT molecular complexity index is 390. The number of allylic oxidation sites excluding steroid dienone is 2. The van der Waals surface area contributed by atoms with Crippen LogP contribution in [0.5, 0.6) is 0 Å². The Kier molecular flexibility index (Phi) is 3.05. The van der Waals surface area contributed by atoms with Crippen LogP contribution >= 0.6 is 0 Å². The lowest BCUT2D eigenvalue weighted by atomic mass is 9.82. The molecule has 2 aliphatic rings. The lowest BCUT2D eigenvalue weighted by Gasteiger charge is -2.23. The zero-order chi connectivity index (χ0) is 11.6. The molecule has 2 aliphatic carbocycles. The molecule has 0 radical (unpaired) electrons. The first-order chi connectivity index (χ1) is 8.36. The van der Waals surface area contributed by atoms with Crippen LogP contribution in [-0.4, -0.2) is 0 Å². The van der Waals surface area contributed by atoms with Crippen LogP contribution in [0.2, 0.25) is 0 Å². The van der Waals surface area contributed by atoms with Crippen molar-refractivity contribution in [2.45, 2.75) is 44.9 Å². The van der Waals surface area contributed by atoms with Gasteiger partial charge in [0.05, 0.1) is 0 Å². The number of hydrogen-bond acceptors (Lipinski definition) is 0. The molecule has 3 rings (SSSR count). The minimum Gasteiger partial charge on any atom is -0.0848 e. The molecule has 2 unspecified atom stereocenters. The minimum absolute atomic E-state index is 0.626. The highest BCUT2D eigenvalue weighted by atomic mass is 14.4. The maximum absolute atomic E-state index is 2.53. The summed E-state index contributed by atoms with van der Waals surface area (Å²) in [5.41, 5.74) is 2.12. The predicted octanol–water partition coefficient (Wildman–Crippen LogP) is 4.76. The van der Waals surface area contributed by atoms with E-state index in [4.69, 9.17) is 0 Å². The van der Waals surface area contributed by atoms with E-state index in [1.165, 1.54) is 50.5 Å². The molecule has 2 bridgehead atoms. The van der Waals surface area contributed by atoms with Crippen molar-refractivity contribution in [3.63, 3.8) is 0 Å². The fourth-order valence-electron chi connectivity index (χ4n) is 3.62. The van der Waals surface area contributed by atoms with Crippen molar-refractivity contribution in [2.24, 2.45) is 11.3 Å². The van der Waals surface area contributed by atoms with E-state index in [0.29, 0.717) is 5.41 Å². The first-order valence-corrected chi connectivity index (χ1v) is 7.10. The maximum Gasteiger partial charge on any atom is -0.0112 e. The van der Waals surface area contributed by atoms with Crippen LogP contribution in [-0.2, 0) is 6.42 Å². The number of benzene rings is 1. The summed E-state index contributed by atoms with van der Waals surface area (Å²) in [6.07, 6.45) is 14.8. The molecule has 0 spiro atoms. The van der Waals surface area contributed by atoms with Gasteiger partial charge in [-0.05, 0) is 55.4 Å². The number of aryl methyl sites for hydroxylation is 1. The van der Waals surface area contributed by atoms with Crippen LogP contribution in [0.25, 0.3) is 0 Å². The second-order valence-electron chi connectivity index (χ2n) is 5.92. The van der Waals surface area contributed by atoms with Gasteiger partial charge < -0.3 is 0 Å². The summed E-state index contributed by atoms with van der Waals surface area (Å²) < 4.78 is 0. The van der Waals surface area contributed by atoms with Crippen LogP contribution in [0, 0.1) is 11.3 Å². The van der Waals surface area contributed by atoms with Gasteiger partial charge in [-0.3, -0.25) is 0 Å². The second-order valence-corrected chi connectivity index (χ2v) is 5.92. The Hall–Kier alpha value is -1.04. The maximum atomic E-state index is 2.53. The number of fused-ring (bicyclic) bond motifs is 2. The Morgan fingerprint density at radius 3 is 2.65 bits per heavy atom. The lowest BCUT2D eigenvalue weighted by Crippen LogP contribution is -2.11. The fraction of sp³-hybridized carbons (Fsp3) is 0.529. The third-order valence-corrected chi connectivity index (χ3v) is 4.64. The molecule has 1 saturated carbocycles. The highest BCUT2D eigenvalue weighted by Gasteiger charge is 2.39. The van der Waals surface area contributed by atoms with E-state index >= 15 is 0 Å². The Labute approximate surface area is 105 Å². The average molecular weight is 226 g/mol. The Balaban J connectivity index is 1.43. The molecule has 0 nitrogen and oxygen atoms in total. The van der Waals surface area contributed by atoms with Gasteiger partial charge in [0.25, 0.3) is 0 Å². The highest BCUT2D eigenvalue weighted by Crippen LogP contribution is 2.51. The van der Waals surface area contributed by atoms with Crippen LogP contribution in [0.15, 0.2) is 42.5 Å². The van der Waals surface area contributed by atoms with Crippen molar-refractivity contribution in [1.82, 2.24) is 0 Å². The van der Waals surface area contributed by atoms with Gasteiger partial charge in [0.2, 0.25) is 0 Å². The molecule has 0 amide bonds. The zero-order valence-corrected chi connectivity index (χ0v) is 10.6. The largest absolute Gasteiger partial charge is 0.0848 e. The minimum atomic E-state index is 0.626. The fourth-order valence-corrected chi connectivity index (χ4v) is 3.62. The number of unbranched alkanes of at least 4 members (excludes halogenated alkanes) is 1. The van der Waals surface area contributed by atoms with Gasteiger partial charge in [-0.15, -0.1) is 0 Å². The molecule has 90 valence electrons. The molecular formula is C17H22. The van der Waals surface area contributed by atoms with Crippen LogP contribution in [0.1, 0.15) is 44.1 Å². The van der Waals surface area contributed by atoms with E-state index in [-0.39, 0.29) is 0 Å². The molecule has 0 heterocycles. The van der Waals surface area contributed by atoms with Crippen LogP contribution < -0.4 is 0 Å². The van der Waals surface area contributed by atoms with Crippen LogP contribution in [0.4, 0.5) is 0 Å². The summed E-state index contributed by atoms with van der Waals surface area (Å²) in [4.78, 5) is 0. The molecule has 0 aromatic heterocycles. The quantitative estimate of drug-likeness (QED) is 0.502. The first kappa shape index (κ1) is 11.1. The topological polar surface area (TPSA) is 0 Å². The third kappa shape index (κ3) is 2.46. The van der Waals surface area contributed by atoms with Crippen molar-refractivity contribution in [3.05, 3.63) is 48.0 Å². The highest BCUT2D eigenvalue weighted by molar-refractivity contribution is 5.16. The molecule has 0 N–H and O–H groups in total. The van der Waals surface area contributed by atoms with Crippen molar-refractivity contribution < 1.29 is 0 Å². The van der Waals surface area contributed by atoms with E-state index in [2.05, 4.69) is 42.5 Å². The van der Waals surface area contributed by atoms with Crippen molar-refractivity contribution in [2.75, 3.05) is 0 Å². The monoisotopic (exact) mass is 226 g/mol. The van der Waals surface area contributed by atoms with Gasteiger partial charge in [0.15, 0.2) is 0 Å². The van der Waals surface area contributed by atoms with Gasteiger partial charge in [0.1, 0.15) is 0 Å². The molecule has 17 heavy (non-hydrogen) atoms. The van der Waals surface area contributed by atoms with Gasteiger partial charge in [-0.25, -0.2) is 0 Å². The van der Waals surface area contributed by atoms with Gasteiger partial charge in [-0.1, -0.05) is 48.9 Å². The molecule has 1 fully saturated rings. The molecule has 0 heteroatoms. The average Bonchev–Trinajstić information content (AvgIpc) is 2.97. The van der Waals surface area contributed by atoms with Gasteiger partial charge in [-0.2, -0.15) is 0 Å². The zero-order valence-electron chi connectivity index (χ0n) is 10.6. The summed E-state index contributed by atoms with van der Waals surface area (Å²) in [6, 6.07) is 10.9. The van der Waals surface area contributed by atoms with E-state index in [0.717, 1.165) is 5.92 Å². The number of rotatable bonds is 5. The molecule has 0 aliphatic heterocycles. The summed E-state index contributed by atoms with van der Waals surface area (Å²) >= 11 is 0. The van der Waals surface area contributed by atoms with E-state index in [9.17, 15) is 0 Å². The normalized spacial score (nSPS) is 30.0. The van der Waals surface area contributed by atoms with Crippen molar-refractivity contribution in [3.8, 4) is 0 Å². The van der Waals surface area contributed by atoms with Crippen LogP contribution in [0.3, 0.4) is 0 Å². The SMILES string of the molecule is C1=CC2(CCCCc3ccccc3)CCC1C2. The summed E-state index contributed by atoms with van der Waals surface area (Å²) in [6.45, 7) is 0. The van der Waals surface area contributed by atoms with Crippen molar-refractivity contribution >= 4 is 0 Å². The number of hydrogen-bond donors (Lipinski definition) is 0. The molecule has 1 aromatic rings. The predicted molar refractivity (Wildman–Crippen MR) is 72.9 cm³/mol. The standard InChI is InChI=1S/C17H22/c1-2-6-15(7-3-1)8-4-5-11-17-12-9-16(14-17)10-13-17/h1-3,6-7,9,12,16H,4-5,8,10-11,13-14H2. The second kappa shape index (κ2) is 4.68. The summed E-state index contributed by atoms with van der Waals surface area (Å²) in [5.74, 6) is 0.934. The third-order valence-electron chi connectivity index (χ3n) is 4.64. The lowest BCUT2D eigenvalue weighted by molar-refractivity contribution is 0.354. The molecule has 0 saturated heterocycles. The first-order valence-electron chi connectivity index (χ1n) is 7.10. The van der Waals surface area contributed by atoms with Crippen molar-refractivity contribution in [1.29, 1.82) is 0 Å². The van der Waals surface area contributed by atoms with E-state index in [1.54, 1.807) is 0 Å². The Morgan fingerprint density at radius 2 is 2.00 bits per heavy atom. The summed E-state index contributed by atoms with van der Waals surface area (Å²) in [5, 5.41) is 0. The van der Waals surface area contributed by atoms with Gasteiger partial charge in [0, 0.05) is 0 Å². The van der Waals surface area contributed by atoms with E-state index in [1.807, 2.05) is 0 Å². The van der Waals surface area contributed by atoms with E-state index < -0.39 is 0 Å². The molecule has 1 aromatic carbocycles. The van der Waals surface area contributed by atoms with Gasteiger partial charge >= 0.3 is 0 Å².